The molecule has 0 aliphatic carbocycles. The summed E-state index contributed by atoms with van der Waals surface area (Å²) in [5.74, 6) is 0. The molecule has 5 aromatic rings. The van der Waals surface area contributed by atoms with Crippen LogP contribution in [0.3, 0.4) is 0 Å². The fourth-order valence-electron chi connectivity index (χ4n) is 4.34. The summed E-state index contributed by atoms with van der Waals surface area (Å²) in [4.78, 5) is 1.29. The van der Waals surface area contributed by atoms with Gasteiger partial charge in [0.2, 0.25) is 0 Å². The molecule has 1 aromatic heterocycles. The monoisotopic (exact) mass is 531 g/mol. The summed E-state index contributed by atoms with van der Waals surface area (Å²) < 4.78 is 4.17. The predicted molar refractivity (Wildman–Crippen MR) is 155 cm³/mol. The van der Waals surface area contributed by atoms with Crippen LogP contribution in [-0.4, -0.2) is 15.0 Å². The molecule has 0 spiro atoms. The van der Waals surface area contributed by atoms with Crippen molar-refractivity contribution < 1.29 is 0 Å². The van der Waals surface area contributed by atoms with Gasteiger partial charge >= 0.3 is 212 Å². The second-order valence-corrected chi connectivity index (χ2v) is 11.7. The second-order valence-electron chi connectivity index (χ2n) is 8.38. The van der Waals surface area contributed by atoms with Crippen molar-refractivity contribution in [3.05, 3.63) is 150 Å². The molecule has 0 fully saturated rings. The van der Waals surface area contributed by atoms with Gasteiger partial charge in [0.1, 0.15) is 0 Å². The molecule has 0 saturated heterocycles. The number of fused-ring (bicyclic) bond motifs is 2. The summed E-state index contributed by atoms with van der Waals surface area (Å²) in [6, 6.07) is 41.3. The van der Waals surface area contributed by atoms with E-state index in [1.165, 1.54) is 51.7 Å². The van der Waals surface area contributed by atoms with Crippen molar-refractivity contribution >= 4 is 57.0 Å². The van der Waals surface area contributed by atoms with Crippen molar-refractivity contribution in [2.24, 2.45) is 0 Å². The molecule has 0 unspecified atom stereocenters. The van der Waals surface area contributed by atoms with Gasteiger partial charge in [-0.05, 0) is 0 Å². The van der Waals surface area contributed by atoms with E-state index in [1.54, 1.807) is 0 Å². The van der Waals surface area contributed by atoms with Crippen LogP contribution in [0.5, 0.6) is 0 Å². The Bertz CT molecular complexity index is 1590. The average Bonchev–Trinajstić information content (AvgIpc) is 2.93. The number of allylic oxidation sites excluding steroid dienone is 4. The molecule has 2 heteroatoms. The molecule has 35 heavy (non-hydrogen) atoms. The topological polar surface area (TPSA) is 0 Å². The van der Waals surface area contributed by atoms with E-state index >= 15 is 0 Å². The van der Waals surface area contributed by atoms with Gasteiger partial charge in [-0.3, -0.25) is 0 Å². The molecule has 0 saturated carbocycles. The van der Waals surface area contributed by atoms with Gasteiger partial charge in [0, 0.05) is 0 Å². The molecule has 4 aromatic carbocycles. The number of hydrogen-bond acceptors (Lipinski definition) is 0. The first-order chi connectivity index (χ1) is 17.3. The van der Waals surface area contributed by atoms with E-state index in [1.807, 2.05) is 11.3 Å². The molecule has 6 rings (SSSR count). The van der Waals surface area contributed by atoms with E-state index in [0.717, 1.165) is 0 Å². The van der Waals surface area contributed by atoms with Crippen LogP contribution in [0.25, 0.3) is 36.6 Å². The first-order valence-electron chi connectivity index (χ1n) is 11.7. The van der Waals surface area contributed by atoms with Crippen molar-refractivity contribution in [1.29, 1.82) is 0 Å². The standard InChI is InChI=1S/C33H23SSe/c1-3-12-24(13-4-1)31-22-26(28-18-7-9-20-30(28)34-31)16-11-17-27-23-33(25-14-5-2-6-15-25)35-32-21-10-8-19-29(27)32/h1-23H/q+1/b16-11+,27-17+. The van der Waals surface area contributed by atoms with Crippen molar-refractivity contribution in [3.8, 4) is 10.4 Å². The minimum absolute atomic E-state index is 0.306. The van der Waals surface area contributed by atoms with E-state index in [4.69, 9.17) is 0 Å². The van der Waals surface area contributed by atoms with Crippen LogP contribution in [0.15, 0.2) is 133 Å². The third-order valence-electron chi connectivity index (χ3n) is 6.08. The van der Waals surface area contributed by atoms with E-state index in [-0.39, 0.29) is 0 Å². The van der Waals surface area contributed by atoms with Gasteiger partial charge in [-0.1, -0.05) is 6.07 Å². The zero-order valence-corrected chi connectivity index (χ0v) is 21.6. The zero-order chi connectivity index (χ0) is 23.5. The van der Waals surface area contributed by atoms with E-state index in [2.05, 4.69) is 140 Å². The van der Waals surface area contributed by atoms with Crippen molar-refractivity contribution in [2.75, 3.05) is 0 Å². The number of hydrogen-bond donors (Lipinski definition) is 0. The van der Waals surface area contributed by atoms with Crippen molar-refractivity contribution in [1.82, 2.24) is 0 Å². The van der Waals surface area contributed by atoms with E-state index < -0.39 is 0 Å². The van der Waals surface area contributed by atoms with Gasteiger partial charge < -0.3 is 0 Å². The molecule has 0 amide bonds. The Labute approximate surface area is 216 Å². The summed E-state index contributed by atoms with van der Waals surface area (Å²) >= 11 is 2.15. The molecule has 2 heterocycles. The molecule has 166 valence electrons. The van der Waals surface area contributed by atoms with Crippen molar-refractivity contribution in [2.45, 2.75) is 0 Å². The Morgan fingerprint density at radius 2 is 1.34 bits per heavy atom. The van der Waals surface area contributed by atoms with Crippen LogP contribution in [0.4, 0.5) is 0 Å². The fourth-order valence-corrected chi connectivity index (χ4v) is 7.81. The first kappa shape index (κ1) is 21.9. The van der Waals surface area contributed by atoms with Crippen molar-refractivity contribution in [3.63, 3.8) is 0 Å². The van der Waals surface area contributed by atoms with Gasteiger partial charge in [0.25, 0.3) is 0 Å². The Balaban J connectivity index is 1.43. The molecular formula is C33H23SSe+. The zero-order valence-electron chi connectivity index (χ0n) is 19.1. The van der Waals surface area contributed by atoms with Crippen LogP contribution in [0.1, 0.15) is 16.7 Å². The summed E-state index contributed by atoms with van der Waals surface area (Å²) in [5.41, 5.74) is 6.45. The van der Waals surface area contributed by atoms with E-state index in [9.17, 15) is 0 Å². The maximum atomic E-state index is 2.38. The Hall–Kier alpha value is -3.55. The Morgan fingerprint density at radius 1 is 0.657 bits per heavy atom. The van der Waals surface area contributed by atoms with Crippen LogP contribution in [-0.2, 0) is 0 Å². The quantitative estimate of drug-likeness (QED) is 0.162. The van der Waals surface area contributed by atoms with Gasteiger partial charge in [0.05, 0.1) is 0 Å². The van der Waals surface area contributed by atoms with Gasteiger partial charge in [-0.15, -0.1) is 0 Å². The van der Waals surface area contributed by atoms with Crippen LogP contribution >= 0.6 is 11.3 Å². The summed E-state index contributed by atoms with van der Waals surface area (Å²) in [6.07, 6.45) is 9.12. The minimum atomic E-state index is 0.306. The summed E-state index contributed by atoms with van der Waals surface area (Å²) in [5, 5.41) is 1.29. The molecule has 0 N–H and O–H groups in total. The molecule has 0 bridgehead atoms. The third kappa shape index (κ3) is 4.70. The maximum absolute atomic E-state index is 2.38. The van der Waals surface area contributed by atoms with Gasteiger partial charge in [0.15, 0.2) is 0 Å². The number of benzene rings is 4. The normalized spacial score (nSPS) is 14.3. The fraction of sp³-hybridized carbons (Fsp3) is 0. The molecule has 1 aliphatic rings. The van der Waals surface area contributed by atoms with Crippen LogP contribution in [0, 0.1) is 0 Å². The number of rotatable bonds is 4. The predicted octanol–water partition coefficient (Wildman–Crippen LogP) is 8.33. The Morgan fingerprint density at radius 3 is 2.17 bits per heavy atom. The van der Waals surface area contributed by atoms with Gasteiger partial charge in [-0.2, -0.15) is 0 Å². The third-order valence-corrected chi connectivity index (χ3v) is 9.64. The summed E-state index contributed by atoms with van der Waals surface area (Å²) in [7, 11) is 0. The molecule has 0 radical (unpaired) electrons. The first-order valence-corrected chi connectivity index (χ1v) is 14.2. The van der Waals surface area contributed by atoms with Gasteiger partial charge in [-0.25, -0.2) is 0 Å². The average molecular weight is 531 g/mol. The SMILES string of the molecule is C1=C(c2ccccc2)[Se]c2ccccc2/C1=C/C=C/c1cc(-c2ccccc2)[s+]c2ccccc12. The van der Waals surface area contributed by atoms with E-state index in [0.29, 0.717) is 15.0 Å². The second kappa shape index (κ2) is 9.98. The molecular weight excluding hydrogens is 507 g/mol. The summed E-state index contributed by atoms with van der Waals surface area (Å²) in [6.45, 7) is 0. The molecule has 0 nitrogen and oxygen atoms in total. The Kier molecular flexibility index (Phi) is 6.26. The molecule has 0 atom stereocenters. The van der Waals surface area contributed by atoms with Crippen LogP contribution in [0.2, 0.25) is 0 Å². The molecule has 1 aliphatic heterocycles. The van der Waals surface area contributed by atoms with Crippen LogP contribution < -0.4 is 4.46 Å².